The van der Waals surface area contributed by atoms with Crippen LogP contribution in [0.4, 0.5) is 0 Å². The van der Waals surface area contributed by atoms with Crippen LogP contribution in [0.3, 0.4) is 0 Å². The van der Waals surface area contributed by atoms with Gasteiger partial charge in [0.25, 0.3) is 0 Å². The molecule has 0 unspecified atom stereocenters. The highest BCUT2D eigenvalue weighted by Crippen LogP contribution is 2.02. The Morgan fingerprint density at radius 1 is 1.28 bits per heavy atom. The van der Waals surface area contributed by atoms with Gasteiger partial charge in [-0.3, -0.25) is 19.2 Å². The molecule has 0 aliphatic rings. The Bertz CT molecular complexity index is 398. The zero-order valence-corrected chi connectivity index (χ0v) is 10.8. The lowest BCUT2D eigenvalue weighted by Crippen LogP contribution is -2.35. The lowest BCUT2D eigenvalue weighted by atomic mass is 10.3. The van der Waals surface area contributed by atoms with Gasteiger partial charge >= 0.3 is 11.9 Å². The predicted octanol–water partition coefficient (Wildman–Crippen LogP) is -0.432. The van der Waals surface area contributed by atoms with E-state index in [4.69, 9.17) is 0 Å². The second kappa shape index (κ2) is 6.75. The van der Waals surface area contributed by atoms with Crippen LogP contribution in [0, 0.1) is 0 Å². The number of nitrogens with zero attached hydrogens (tertiary/aromatic N) is 3. The van der Waals surface area contributed by atoms with E-state index in [1.807, 2.05) is 6.07 Å². The minimum absolute atomic E-state index is 0.0160. The second-order valence-electron chi connectivity index (χ2n) is 3.78. The number of methoxy groups -OCH3 is 2. The van der Waals surface area contributed by atoms with E-state index in [9.17, 15) is 9.59 Å². The molecule has 1 aromatic rings. The number of aryl methyl sites for hydroxylation is 1. The van der Waals surface area contributed by atoms with E-state index in [2.05, 4.69) is 14.6 Å². The molecule has 0 bridgehead atoms. The molecule has 0 N–H and O–H groups in total. The van der Waals surface area contributed by atoms with Gasteiger partial charge in [-0.05, 0) is 6.07 Å². The zero-order valence-electron chi connectivity index (χ0n) is 10.8. The van der Waals surface area contributed by atoms with Crippen molar-refractivity contribution in [3.63, 3.8) is 0 Å². The fourth-order valence-corrected chi connectivity index (χ4v) is 1.44. The minimum atomic E-state index is -0.408. The molecule has 0 aliphatic heterocycles. The van der Waals surface area contributed by atoms with E-state index >= 15 is 0 Å². The fourth-order valence-electron chi connectivity index (χ4n) is 1.44. The van der Waals surface area contributed by atoms with Crippen LogP contribution in [0.5, 0.6) is 0 Å². The van der Waals surface area contributed by atoms with Crippen molar-refractivity contribution >= 4 is 11.9 Å². The third kappa shape index (κ3) is 4.54. The molecule has 0 atom stereocenters. The number of esters is 2. The Morgan fingerprint density at radius 2 is 1.83 bits per heavy atom. The molecule has 0 radical (unpaired) electrons. The van der Waals surface area contributed by atoms with Gasteiger partial charge in [-0.2, -0.15) is 5.10 Å². The molecule has 0 aliphatic carbocycles. The maximum absolute atomic E-state index is 11.2. The highest BCUT2D eigenvalue weighted by atomic mass is 16.5. The first-order valence-electron chi connectivity index (χ1n) is 5.39. The largest absolute Gasteiger partial charge is 0.468 e. The molecule has 0 fully saturated rings. The molecule has 18 heavy (non-hydrogen) atoms. The van der Waals surface area contributed by atoms with Gasteiger partial charge in [-0.25, -0.2) is 0 Å². The summed E-state index contributed by atoms with van der Waals surface area (Å²) in [6.07, 6.45) is 1.80. The molecule has 1 rings (SSSR count). The summed E-state index contributed by atoms with van der Waals surface area (Å²) in [6, 6.07) is 1.82. The summed E-state index contributed by atoms with van der Waals surface area (Å²) < 4.78 is 10.8. The number of aromatic nitrogens is 2. The quantitative estimate of drug-likeness (QED) is 0.642. The monoisotopic (exact) mass is 255 g/mol. The molecule has 100 valence electrons. The van der Waals surface area contributed by atoms with Gasteiger partial charge in [0.05, 0.1) is 33.0 Å². The Balaban J connectivity index is 2.64. The molecule has 0 saturated carbocycles. The first-order chi connectivity index (χ1) is 8.55. The van der Waals surface area contributed by atoms with Crippen LogP contribution in [-0.2, 0) is 32.7 Å². The Labute approximate surface area is 105 Å². The van der Waals surface area contributed by atoms with E-state index in [1.165, 1.54) is 14.2 Å². The van der Waals surface area contributed by atoms with Crippen molar-refractivity contribution in [1.82, 2.24) is 14.7 Å². The van der Waals surface area contributed by atoms with E-state index < -0.39 is 11.9 Å². The predicted molar refractivity (Wildman–Crippen MR) is 62.5 cm³/mol. The van der Waals surface area contributed by atoms with E-state index in [1.54, 1.807) is 22.8 Å². The number of carbonyl (C=O) groups is 2. The SMILES string of the molecule is COC(=O)CN(CC(=O)OC)Cc1ccn(C)n1. The number of hydrogen-bond acceptors (Lipinski definition) is 6. The fraction of sp³-hybridized carbons (Fsp3) is 0.545. The van der Waals surface area contributed by atoms with Gasteiger partial charge < -0.3 is 9.47 Å². The molecule has 0 amide bonds. The minimum Gasteiger partial charge on any atom is -0.468 e. The molecule has 1 aromatic heterocycles. The maximum Gasteiger partial charge on any atom is 0.319 e. The first-order valence-corrected chi connectivity index (χ1v) is 5.39. The summed E-state index contributed by atoms with van der Waals surface area (Å²) in [5.41, 5.74) is 0.769. The van der Waals surface area contributed by atoms with Crippen molar-refractivity contribution < 1.29 is 19.1 Å². The summed E-state index contributed by atoms with van der Waals surface area (Å²) in [6.45, 7) is 0.412. The number of ether oxygens (including phenoxy) is 2. The molecular formula is C11H17N3O4. The number of rotatable bonds is 6. The van der Waals surface area contributed by atoms with Gasteiger partial charge in [0, 0.05) is 19.8 Å². The first kappa shape index (κ1) is 14.2. The summed E-state index contributed by atoms with van der Waals surface area (Å²) in [7, 11) is 4.41. The zero-order chi connectivity index (χ0) is 13.5. The Kier molecular flexibility index (Phi) is 5.31. The van der Waals surface area contributed by atoms with Crippen LogP contribution in [0.25, 0.3) is 0 Å². The molecule has 0 saturated heterocycles. The lowest BCUT2D eigenvalue weighted by molar-refractivity contribution is -0.145. The maximum atomic E-state index is 11.2. The smallest absolute Gasteiger partial charge is 0.319 e. The topological polar surface area (TPSA) is 73.7 Å². The van der Waals surface area contributed by atoms with Crippen LogP contribution in [0.1, 0.15) is 5.69 Å². The molecule has 0 aromatic carbocycles. The van der Waals surface area contributed by atoms with Crippen molar-refractivity contribution in [2.24, 2.45) is 7.05 Å². The Morgan fingerprint density at radius 3 is 2.22 bits per heavy atom. The molecular weight excluding hydrogens is 238 g/mol. The van der Waals surface area contributed by atoms with Crippen LogP contribution in [0.15, 0.2) is 12.3 Å². The van der Waals surface area contributed by atoms with Gasteiger partial charge in [-0.1, -0.05) is 0 Å². The third-order valence-electron chi connectivity index (χ3n) is 2.32. The summed E-state index contributed by atoms with van der Waals surface area (Å²) in [4.78, 5) is 24.1. The van der Waals surface area contributed by atoms with Crippen molar-refractivity contribution in [1.29, 1.82) is 0 Å². The van der Waals surface area contributed by atoms with Crippen molar-refractivity contribution in [3.05, 3.63) is 18.0 Å². The summed E-state index contributed by atoms with van der Waals surface area (Å²) >= 11 is 0. The van der Waals surface area contributed by atoms with Crippen molar-refractivity contribution in [3.8, 4) is 0 Å². The average Bonchev–Trinajstić information content (AvgIpc) is 2.74. The van der Waals surface area contributed by atoms with E-state index in [-0.39, 0.29) is 13.1 Å². The molecule has 0 spiro atoms. The average molecular weight is 255 g/mol. The van der Waals surface area contributed by atoms with E-state index in [0.29, 0.717) is 6.54 Å². The highest BCUT2D eigenvalue weighted by Gasteiger charge is 2.16. The Hall–Kier alpha value is -1.89. The normalized spacial score (nSPS) is 10.4. The van der Waals surface area contributed by atoms with Gasteiger partial charge in [0.2, 0.25) is 0 Å². The standard InChI is InChI=1S/C11H17N3O4/c1-13-5-4-9(12-13)6-14(7-10(15)17-2)8-11(16)18-3/h4-5H,6-8H2,1-3H3. The number of hydrogen-bond donors (Lipinski definition) is 0. The van der Waals surface area contributed by atoms with Gasteiger partial charge in [0.15, 0.2) is 0 Å². The van der Waals surface area contributed by atoms with Gasteiger partial charge in [-0.15, -0.1) is 0 Å². The van der Waals surface area contributed by atoms with Gasteiger partial charge in [0.1, 0.15) is 0 Å². The summed E-state index contributed by atoms with van der Waals surface area (Å²) in [5.74, 6) is -0.815. The van der Waals surface area contributed by atoms with Crippen LogP contribution in [0.2, 0.25) is 0 Å². The number of carbonyl (C=O) groups excluding carboxylic acids is 2. The third-order valence-corrected chi connectivity index (χ3v) is 2.32. The van der Waals surface area contributed by atoms with Crippen LogP contribution < -0.4 is 0 Å². The lowest BCUT2D eigenvalue weighted by Gasteiger charge is -2.18. The van der Waals surface area contributed by atoms with Crippen molar-refractivity contribution in [2.45, 2.75) is 6.54 Å². The molecule has 1 heterocycles. The highest BCUT2D eigenvalue weighted by molar-refractivity contribution is 5.74. The van der Waals surface area contributed by atoms with E-state index in [0.717, 1.165) is 5.69 Å². The molecule has 7 heteroatoms. The second-order valence-corrected chi connectivity index (χ2v) is 3.78. The van der Waals surface area contributed by atoms with Crippen LogP contribution in [-0.4, -0.2) is 53.9 Å². The summed E-state index contributed by atoms with van der Waals surface area (Å²) in [5, 5.41) is 4.19. The molecule has 7 nitrogen and oxygen atoms in total. The van der Waals surface area contributed by atoms with Crippen LogP contribution >= 0.6 is 0 Å². The van der Waals surface area contributed by atoms with Crippen molar-refractivity contribution in [2.75, 3.05) is 27.3 Å².